The third-order valence-electron chi connectivity index (χ3n) is 6.02. The summed E-state index contributed by atoms with van der Waals surface area (Å²) < 4.78 is 2.08. The van der Waals surface area contributed by atoms with Crippen molar-refractivity contribution in [2.75, 3.05) is 10.2 Å². The number of benzene rings is 1. The molecule has 1 aliphatic heterocycles. The zero-order valence-electron chi connectivity index (χ0n) is 16.4. The molecule has 10 heteroatoms. The van der Waals surface area contributed by atoms with Crippen LogP contribution in [0.3, 0.4) is 0 Å². The van der Waals surface area contributed by atoms with E-state index in [4.69, 9.17) is 20.3 Å². The largest absolute Gasteiger partial charge is 0.352 e. The van der Waals surface area contributed by atoms with E-state index in [-0.39, 0.29) is 11.9 Å². The first-order valence-electron chi connectivity index (χ1n) is 9.96. The minimum Gasteiger partial charge on any atom is -0.330 e. The molecule has 1 unspecified atom stereocenters. The van der Waals surface area contributed by atoms with Crippen molar-refractivity contribution in [3.63, 3.8) is 0 Å². The maximum atomic E-state index is 13.1. The number of hydrogen-bond acceptors (Lipinski definition) is 9. The van der Waals surface area contributed by atoms with E-state index in [0.29, 0.717) is 16.8 Å². The number of anilines is 3. The summed E-state index contributed by atoms with van der Waals surface area (Å²) in [6.07, 6.45) is 2.89. The Kier molecular flexibility index (Phi) is 4.53. The van der Waals surface area contributed by atoms with E-state index in [0.717, 1.165) is 54.7 Å². The Bertz CT molecular complexity index is 986. The van der Waals surface area contributed by atoms with Gasteiger partial charge in [0.25, 0.3) is 0 Å². The minimum atomic E-state index is -2.94. The van der Waals surface area contributed by atoms with Gasteiger partial charge < -0.3 is 20.6 Å². The van der Waals surface area contributed by atoms with Crippen molar-refractivity contribution in [3.05, 3.63) is 36.0 Å². The van der Waals surface area contributed by atoms with Gasteiger partial charge in [-0.15, -0.1) is 0 Å². The normalized spacial score (nSPS) is 20.4. The molecular formula is C20H23N5O4S. The molecule has 2 fully saturated rings. The van der Waals surface area contributed by atoms with Gasteiger partial charge in [-0.2, -0.15) is 9.71 Å². The van der Waals surface area contributed by atoms with Crippen LogP contribution in [0.1, 0.15) is 38.2 Å². The quantitative estimate of drug-likeness (QED) is 0.329. The lowest BCUT2D eigenvalue weighted by atomic mass is 10.0. The Morgan fingerprint density at radius 3 is 2.53 bits per heavy atom. The molecule has 30 heavy (non-hydrogen) atoms. The third-order valence-corrected chi connectivity index (χ3v) is 6.90. The summed E-state index contributed by atoms with van der Waals surface area (Å²) in [5.41, 5.74) is 1.29. The highest BCUT2D eigenvalue weighted by Gasteiger charge is 2.61. The number of hydrogen-bond donors (Lipinski definition) is 5. The molecule has 2 saturated carbocycles. The SMILES string of the molecule is CC(C1CC1)N1C(=O)C2(CC2)c2cnc(Nc3ccc(SNC(O)(O)O)cc3)nc21. The number of rotatable bonds is 7. The third kappa shape index (κ3) is 3.54. The van der Waals surface area contributed by atoms with Gasteiger partial charge in [-0.25, -0.2) is 4.98 Å². The molecule has 1 aromatic heterocycles. The molecule has 158 valence electrons. The Hall–Kier alpha value is -2.24. The second-order valence-corrected chi connectivity index (χ2v) is 9.13. The molecule has 0 radical (unpaired) electrons. The Morgan fingerprint density at radius 1 is 1.23 bits per heavy atom. The van der Waals surface area contributed by atoms with Crippen LogP contribution in [0, 0.1) is 5.92 Å². The van der Waals surface area contributed by atoms with Crippen LogP contribution in [0.5, 0.6) is 0 Å². The van der Waals surface area contributed by atoms with Gasteiger partial charge in [0.1, 0.15) is 5.82 Å². The lowest BCUT2D eigenvalue weighted by molar-refractivity contribution is -0.317. The van der Waals surface area contributed by atoms with Crippen LogP contribution in [0.15, 0.2) is 35.4 Å². The van der Waals surface area contributed by atoms with Crippen LogP contribution in [0.25, 0.3) is 0 Å². The van der Waals surface area contributed by atoms with Crippen molar-refractivity contribution in [2.24, 2.45) is 5.92 Å². The molecule has 3 aliphatic rings. The van der Waals surface area contributed by atoms with Crippen LogP contribution < -0.4 is 14.9 Å². The van der Waals surface area contributed by atoms with E-state index < -0.39 is 11.5 Å². The number of fused-ring (bicyclic) bond motifs is 2. The highest BCUT2D eigenvalue weighted by molar-refractivity contribution is 7.97. The molecule has 0 bridgehead atoms. The molecule has 1 aromatic carbocycles. The lowest BCUT2D eigenvalue weighted by Gasteiger charge is -2.25. The van der Waals surface area contributed by atoms with Gasteiger partial charge in [-0.1, -0.05) is 0 Å². The van der Waals surface area contributed by atoms with Crippen LogP contribution in [0.2, 0.25) is 0 Å². The Balaban J connectivity index is 1.35. The fourth-order valence-corrected chi connectivity index (χ4v) is 4.56. The highest BCUT2D eigenvalue weighted by Crippen LogP contribution is 2.58. The molecule has 5 N–H and O–H groups in total. The monoisotopic (exact) mass is 429 g/mol. The second-order valence-electron chi connectivity index (χ2n) is 8.26. The highest BCUT2D eigenvalue weighted by atomic mass is 32.2. The lowest BCUT2D eigenvalue weighted by Crippen LogP contribution is -2.40. The Morgan fingerprint density at radius 2 is 1.93 bits per heavy atom. The van der Waals surface area contributed by atoms with Crippen molar-refractivity contribution in [2.45, 2.75) is 55.1 Å². The molecule has 2 aromatic rings. The molecule has 2 heterocycles. The van der Waals surface area contributed by atoms with E-state index in [1.54, 1.807) is 30.5 Å². The van der Waals surface area contributed by atoms with E-state index in [1.807, 2.05) is 4.90 Å². The minimum absolute atomic E-state index is 0.152. The molecule has 1 atom stereocenters. The average Bonchev–Trinajstić information content (AvgIpc) is 3.60. The maximum Gasteiger partial charge on any atom is 0.352 e. The molecular weight excluding hydrogens is 406 g/mol. The number of carbonyl (C=O) groups excluding carboxylic acids is 1. The summed E-state index contributed by atoms with van der Waals surface area (Å²) in [6.45, 7) is 2.11. The number of aliphatic hydroxyl groups is 3. The first kappa shape index (κ1) is 19.7. The zero-order chi connectivity index (χ0) is 21.1. The molecule has 0 saturated heterocycles. The zero-order valence-corrected chi connectivity index (χ0v) is 17.2. The average molecular weight is 430 g/mol. The number of nitrogens with zero attached hydrogens (tertiary/aromatic N) is 3. The molecule has 2 aliphatic carbocycles. The number of nitrogens with one attached hydrogen (secondary N) is 2. The second kappa shape index (κ2) is 6.89. The number of carbonyl (C=O) groups is 1. The molecule has 5 rings (SSSR count). The van der Waals surface area contributed by atoms with Gasteiger partial charge in [0.15, 0.2) is 0 Å². The van der Waals surface area contributed by atoms with E-state index >= 15 is 0 Å². The number of amides is 1. The predicted octanol–water partition coefficient (Wildman–Crippen LogP) is 1.58. The Labute approximate surface area is 177 Å². The summed E-state index contributed by atoms with van der Waals surface area (Å²) in [5, 5.41) is 29.8. The summed E-state index contributed by atoms with van der Waals surface area (Å²) in [7, 11) is 0. The van der Waals surface area contributed by atoms with Gasteiger partial charge >= 0.3 is 6.10 Å². The van der Waals surface area contributed by atoms with Crippen LogP contribution >= 0.6 is 11.9 Å². The fraction of sp³-hybridized carbons (Fsp3) is 0.450. The van der Waals surface area contributed by atoms with Gasteiger partial charge in [0.2, 0.25) is 11.9 Å². The van der Waals surface area contributed by atoms with Crippen molar-refractivity contribution >= 4 is 35.3 Å². The van der Waals surface area contributed by atoms with Gasteiger partial charge in [0.05, 0.1) is 5.41 Å². The van der Waals surface area contributed by atoms with Crippen molar-refractivity contribution in [1.29, 1.82) is 0 Å². The van der Waals surface area contributed by atoms with Gasteiger partial charge in [-0.3, -0.25) is 9.69 Å². The summed E-state index contributed by atoms with van der Waals surface area (Å²) >= 11 is 0.874. The van der Waals surface area contributed by atoms with Crippen molar-refractivity contribution in [1.82, 2.24) is 14.7 Å². The summed E-state index contributed by atoms with van der Waals surface area (Å²) in [4.78, 5) is 24.8. The fourth-order valence-electron chi connectivity index (χ4n) is 4.03. The molecule has 1 spiro atoms. The standard InChI is InChI=1S/C20H23N5O4S/c1-11(12-2-3-12)25-16-15(19(8-9-19)17(25)26)10-21-18(23-16)22-13-4-6-14(7-5-13)30-24-20(27,28)29/h4-7,10-12,24,27-29H,2-3,8-9H2,1H3,(H,21,22,23). The molecule has 9 nitrogen and oxygen atoms in total. The molecule has 1 amide bonds. The predicted molar refractivity (Wildman–Crippen MR) is 111 cm³/mol. The van der Waals surface area contributed by atoms with Gasteiger partial charge in [-0.05, 0) is 74.7 Å². The topological polar surface area (TPSA) is 131 Å². The number of aromatic nitrogens is 2. The van der Waals surface area contributed by atoms with Crippen LogP contribution in [-0.4, -0.2) is 43.3 Å². The summed E-state index contributed by atoms with van der Waals surface area (Å²) in [5.74, 6) is 1.88. The summed E-state index contributed by atoms with van der Waals surface area (Å²) in [6, 6.07) is 7.20. The van der Waals surface area contributed by atoms with Crippen LogP contribution in [0.4, 0.5) is 17.5 Å². The van der Waals surface area contributed by atoms with Gasteiger partial charge in [0, 0.05) is 28.4 Å². The van der Waals surface area contributed by atoms with E-state index in [9.17, 15) is 4.79 Å². The van der Waals surface area contributed by atoms with Crippen molar-refractivity contribution < 1.29 is 20.1 Å². The first-order valence-corrected chi connectivity index (χ1v) is 10.8. The van der Waals surface area contributed by atoms with E-state index in [2.05, 4.69) is 21.9 Å². The smallest absolute Gasteiger partial charge is 0.330 e. The van der Waals surface area contributed by atoms with Crippen LogP contribution in [-0.2, 0) is 10.2 Å². The maximum absolute atomic E-state index is 13.1. The first-order chi connectivity index (χ1) is 14.3. The van der Waals surface area contributed by atoms with Crippen molar-refractivity contribution in [3.8, 4) is 0 Å². The van der Waals surface area contributed by atoms with E-state index in [1.165, 1.54) is 0 Å².